The molecule has 0 amide bonds. The summed E-state index contributed by atoms with van der Waals surface area (Å²) in [5, 5.41) is 4.17. The second-order valence-electron chi connectivity index (χ2n) is 3.73. The van der Waals surface area contributed by atoms with Crippen LogP contribution in [-0.4, -0.2) is 15.9 Å². The van der Waals surface area contributed by atoms with E-state index in [2.05, 4.69) is 11.2 Å². The number of hydrogen-bond acceptors (Lipinski definition) is 2. The quantitative estimate of drug-likeness (QED) is 0.584. The fourth-order valence-corrected chi connectivity index (χ4v) is 2.42. The van der Waals surface area contributed by atoms with Crippen molar-refractivity contribution in [2.75, 3.05) is 0 Å². The van der Waals surface area contributed by atoms with Crippen molar-refractivity contribution in [2.24, 2.45) is 7.05 Å². The molecule has 0 N–H and O–H groups in total. The third kappa shape index (κ3) is 0.630. The molecule has 0 radical (unpaired) electrons. The smallest absolute Gasteiger partial charge is 0.136 e. The summed E-state index contributed by atoms with van der Waals surface area (Å²) in [7, 11) is 1.99. The summed E-state index contributed by atoms with van der Waals surface area (Å²) in [6.45, 7) is 0. The zero-order valence-electron chi connectivity index (χ0n) is 7.16. The van der Waals surface area contributed by atoms with Gasteiger partial charge in [0.05, 0.1) is 11.8 Å². The summed E-state index contributed by atoms with van der Waals surface area (Å²) < 4.78 is 7.64. The first-order valence-corrected chi connectivity index (χ1v) is 4.49. The van der Waals surface area contributed by atoms with Gasteiger partial charge in [0.25, 0.3) is 0 Å². The molecule has 12 heavy (non-hydrogen) atoms. The third-order valence-electron chi connectivity index (χ3n) is 3.08. The molecule has 3 rings (SSSR count). The van der Waals surface area contributed by atoms with Gasteiger partial charge in [0.1, 0.15) is 5.60 Å². The Labute approximate surface area is 71.3 Å². The fourth-order valence-electron chi connectivity index (χ4n) is 2.42. The Hall–Kier alpha value is -0.830. The molecule has 1 aliphatic heterocycles. The Morgan fingerprint density at radius 2 is 2.67 bits per heavy atom. The van der Waals surface area contributed by atoms with E-state index in [1.807, 2.05) is 17.9 Å². The lowest BCUT2D eigenvalue weighted by Gasteiger charge is -2.07. The van der Waals surface area contributed by atoms with Crippen molar-refractivity contribution in [3.8, 4) is 0 Å². The molecule has 2 aliphatic rings. The first kappa shape index (κ1) is 6.66. The molecule has 0 bridgehead atoms. The fraction of sp³-hybridized carbons (Fsp3) is 0.667. The number of fused-ring (bicyclic) bond motifs is 1. The van der Waals surface area contributed by atoms with Gasteiger partial charge in [-0.1, -0.05) is 0 Å². The molecule has 0 unspecified atom stereocenters. The summed E-state index contributed by atoms with van der Waals surface area (Å²) >= 11 is 0. The minimum absolute atomic E-state index is 0.0747. The Bertz CT molecular complexity index is 320. The van der Waals surface area contributed by atoms with E-state index in [0.717, 1.165) is 0 Å². The molecule has 1 aromatic rings. The van der Waals surface area contributed by atoms with Gasteiger partial charge in [0.15, 0.2) is 0 Å². The molecule has 3 nitrogen and oxygen atoms in total. The van der Waals surface area contributed by atoms with Crippen molar-refractivity contribution in [2.45, 2.75) is 31.0 Å². The average molecular weight is 164 g/mol. The van der Waals surface area contributed by atoms with Crippen LogP contribution in [0, 0.1) is 0 Å². The molecule has 1 aliphatic carbocycles. The normalized spacial score (nSPS) is 38.2. The molecule has 2 atom stereocenters. The van der Waals surface area contributed by atoms with Crippen LogP contribution in [0.3, 0.4) is 0 Å². The predicted molar refractivity (Wildman–Crippen MR) is 43.6 cm³/mol. The predicted octanol–water partition coefficient (Wildman–Crippen LogP) is 1.20. The number of epoxide rings is 1. The van der Waals surface area contributed by atoms with Crippen molar-refractivity contribution in [3.63, 3.8) is 0 Å². The molecule has 0 aromatic carbocycles. The second-order valence-corrected chi connectivity index (χ2v) is 3.73. The number of ether oxygens (including phenoxy) is 1. The van der Waals surface area contributed by atoms with Crippen LogP contribution < -0.4 is 0 Å². The Morgan fingerprint density at radius 3 is 3.17 bits per heavy atom. The molecule has 2 heterocycles. The molecule has 0 spiro atoms. The number of aromatic nitrogens is 2. The molecule has 1 aromatic heterocycles. The number of nitrogens with zero attached hydrogens (tertiary/aromatic N) is 2. The molecular weight excluding hydrogens is 152 g/mol. The van der Waals surface area contributed by atoms with Crippen molar-refractivity contribution in [1.82, 2.24) is 9.78 Å². The van der Waals surface area contributed by atoms with Crippen molar-refractivity contribution < 1.29 is 4.74 Å². The molecule has 2 fully saturated rings. The van der Waals surface area contributed by atoms with E-state index in [0.29, 0.717) is 6.10 Å². The highest BCUT2D eigenvalue weighted by atomic mass is 16.6. The van der Waals surface area contributed by atoms with E-state index in [9.17, 15) is 0 Å². The van der Waals surface area contributed by atoms with E-state index in [4.69, 9.17) is 4.74 Å². The molecular formula is C9H12N2O. The maximum absolute atomic E-state index is 5.70. The zero-order chi connectivity index (χ0) is 8.18. The number of rotatable bonds is 1. The first-order chi connectivity index (χ1) is 5.83. The lowest BCUT2D eigenvalue weighted by Crippen LogP contribution is -2.12. The number of hydrogen-bond donors (Lipinski definition) is 0. The maximum Gasteiger partial charge on any atom is 0.136 e. The third-order valence-corrected chi connectivity index (χ3v) is 3.08. The van der Waals surface area contributed by atoms with Gasteiger partial charge < -0.3 is 4.74 Å². The SMILES string of the molecule is Cn1nccc1[C@]12CCC[C@H]1O2. The van der Waals surface area contributed by atoms with Gasteiger partial charge in [0, 0.05) is 13.2 Å². The highest BCUT2D eigenvalue weighted by Gasteiger charge is 2.61. The topological polar surface area (TPSA) is 30.4 Å². The molecule has 64 valence electrons. The Balaban J connectivity index is 2.04. The van der Waals surface area contributed by atoms with E-state index >= 15 is 0 Å². The van der Waals surface area contributed by atoms with Gasteiger partial charge in [0.2, 0.25) is 0 Å². The second kappa shape index (κ2) is 1.91. The van der Waals surface area contributed by atoms with Crippen LogP contribution in [0.25, 0.3) is 0 Å². The van der Waals surface area contributed by atoms with Gasteiger partial charge in [-0.15, -0.1) is 0 Å². The molecule has 1 saturated carbocycles. The van der Waals surface area contributed by atoms with Gasteiger partial charge >= 0.3 is 0 Å². The summed E-state index contributed by atoms with van der Waals surface area (Å²) in [6, 6.07) is 2.07. The maximum atomic E-state index is 5.70. The monoisotopic (exact) mass is 164 g/mol. The lowest BCUT2D eigenvalue weighted by molar-refractivity contribution is 0.245. The largest absolute Gasteiger partial charge is 0.359 e. The van der Waals surface area contributed by atoms with Gasteiger partial charge in [-0.05, 0) is 25.3 Å². The minimum Gasteiger partial charge on any atom is -0.359 e. The van der Waals surface area contributed by atoms with Crippen LogP contribution in [0.15, 0.2) is 12.3 Å². The first-order valence-electron chi connectivity index (χ1n) is 4.49. The Kier molecular flexibility index (Phi) is 1.06. The highest BCUT2D eigenvalue weighted by molar-refractivity contribution is 5.24. The van der Waals surface area contributed by atoms with Crippen LogP contribution >= 0.6 is 0 Å². The lowest BCUT2D eigenvalue weighted by atomic mass is 10.0. The van der Waals surface area contributed by atoms with Crippen molar-refractivity contribution in [3.05, 3.63) is 18.0 Å². The molecule has 3 heteroatoms. The van der Waals surface area contributed by atoms with E-state index in [-0.39, 0.29) is 5.60 Å². The highest BCUT2D eigenvalue weighted by Crippen LogP contribution is 2.56. The summed E-state index contributed by atoms with van der Waals surface area (Å²) in [5.41, 5.74) is 1.33. The van der Waals surface area contributed by atoms with E-state index in [1.165, 1.54) is 25.0 Å². The number of aryl methyl sites for hydroxylation is 1. The van der Waals surface area contributed by atoms with E-state index in [1.54, 1.807) is 0 Å². The zero-order valence-corrected chi connectivity index (χ0v) is 7.16. The Morgan fingerprint density at radius 1 is 1.75 bits per heavy atom. The van der Waals surface area contributed by atoms with Crippen LogP contribution in [0.4, 0.5) is 0 Å². The van der Waals surface area contributed by atoms with Gasteiger partial charge in [-0.2, -0.15) is 5.10 Å². The van der Waals surface area contributed by atoms with Crippen LogP contribution in [-0.2, 0) is 17.4 Å². The summed E-state index contributed by atoms with van der Waals surface area (Å²) in [4.78, 5) is 0. The summed E-state index contributed by atoms with van der Waals surface area (Å²) in [5.74, 6) is 0. The van der Waals surface area contributed by atoms with Crippen LogP contribution in [0.5, 0.6) is 0 Å². The van der Waals surface area contributed by atoms with Gasteiger partial charge in [-0.25, -0.2) is 0 Å². The standard InChI is InChI=1S/C9H12N2O/c1-11-7(4-6-10-11)9-5-2-3-8(9)12-9/h4,6,8H,2-3,5H2,1H3/t8-,9-/m1/s1. The van der Waals surface area contributed by atoms with Crippen LogP contribution in [0.1, 0.15) is 25.0 Å². The van der Waals surface area contributed by atoms with Crippen LogP contribution in [0.2, 0.25) is 0 Å². The minimum atomic E-state index is 0.0747. The van der Waals surface area contributed by atoms with Crippen molar-refractivity contribution in [1.29, 1.82) is 0 Å². The van der Waals surface area contributed by atoms with E-state index < -0.39 is 0 Å². The molecule has 1 saturated heterocycles. The van der Waals surface area contributed by atoms with Gasteiger partial charge in [-0.3, -0.25) is 4.68 Å². The average Bonchev–Trinajstić information content (AvgIpc) is 2.49. The summed E-state index contributed by atoms with van der Waals surface area (Å²) in [6.07, 6.45) is 6.05. The van der Waals surface area contributed by atoms with Crippen molar-refractivity contribution >= 4 is 0 Å².